The summed E-state index contributed by atoms with van der Waals surface area (Å²) in [4.78, 5) is 15.0. The van der Waals surface area contributed by atoms with Crippen LogP contribution in [0.4, 0.5) is 5.69 Å². The summed E-state index contributed by atoms with van der Waals surface area (Å²) in [6, 6.07) is 5.61. The Hall–Kier alpha value is -0.710. The van der Waals surface area contributed by atoms with E-state index < -0.39 is 0 Å². The van der Waals surface area contributed by atoms with Crippen molar-refractivity contribution in [3.05, 3.63) is 23.2 Å². The van der Waals surface area contributed by atoms with Crippen LogP contribution in [0.25, 0.3) is 0 Å². The van der Waals surface area contributed by atoms with Crippen molar-refractivity contribution in [2.24, 2.45) is 0 Å². The number of anilines is 1. The number of fused-ring (bicyclic) bond motifs is 1. The highest BCUT2D eigenvalue weighted by atomic mass is 35.5. The largest absolute Gasteiger partial charge is 0.325 e. The van der Waals surface area contributed by atoms with Crippen molar-refractivity contribution < 1.29 is 4.79 Å². The van der Waals surface area contributed by atoms with Crippen molar-refractivity contribution in [2.75, 3.05) is 26.0 Å². The zero-order valence-electron chi connectivity index (χ0n) is 10.6. The molecule has 0 fully saturated rings. The minimum absolute atomic E-state index is 0.0901. The summed E-state index contributed by atoms with van der Waals surface area (Å²) in [5.41, 5.74) is 0.877. The Bertz CT molecular complexity index is 451. The van der Waals surface area contributed by atoms with Crippen LogP contribution in [-0.2, 0) is 4.79 Å². The summed E-state index contributed by atoms with van der Waals surface area (Å²) in [6.07, 6.45) is 1.56. The molecular formula is C13H17ClN2OS. The quantitative estimate of drug-likeness (QED) is 0.926. The predicted molar refractivity (Wildman–Crippen MR) is 77.5 cm³/mol. The van der Waals surface area contributed by atoms with Crippen LogP contribution in [0.1, 0.15) is 12.8 Å². The highest BCUT2D eigenvalue weighted by Crippen LogP contribution is 2.37. The maximum absolute atomic E-state index is 11.8. The molecule has 0 aromatic heterocycles. The fourth-order valence-electron chi connectivity index (χ4n) is 1.89. The molecule has 0 saturated heterocycles. The molecule has 1 amide bonds. The SMILES string of the molecule is CN(C)CCC1CC(=O)Nc2ccc(Cl)cc2S1. The monoisotopic (exact) mass is 284 g/mol. The first-order chi connectivity index (χ1) is 8.54. The molecule has 1 N–H and O–H groups in total. The third-order valence-corrected chi connectivity index (χ3v) is 4.39. The average Bonchev–Trinajstić information content (AvgIpc) is 2.44. The summed E-state index contributed by atoms with van der Waals surface area (Å²) in [5, 5.41) is 3.96. The van der Waals surface area contributed by atoms with Crippen LogP contribution in [0, 0.1) is 0 Å². The predicted octanol–water partition coefficient (Wildman–Crippen LogP) is 3.09. The van der Waals surface area contributed by atoms with Crippen molar-refractivity contribution in [1.29, 1.82) is 0 Å². The van der Waals surface area contributed by atoms with Crippen LogP contribution in [0.3, 0.4) is 0 Å². The standard InChI is InChI=1S/C13H17ClN2OS/c1-16(2)6-5-10-8-13(17)15-11-4-3-9(14)7-12(11)18-10/h3-4,7,10H,5-6,8H2,1-2H3,(H,15,17). The lowest BCUT2D eigenvalue weighted by molar-refractivity contribution is -0.116. The molecule has 0 radical (unpaired) electrons. The number of halogens is 1. The van der Waals surface area contributed by atoms with Gasteiger partial charge in [0.05, 0.1) is 5.69 Å². The van der Waals surface area contributed by atoms with Gasteiger partial charge in [0.15, 0.2) is 0 Å². The number of carbonyl (C=O) groups excluding carboxylic acids is 1. The normalized spacial score (nSPS) is 19.3. The molecule has 18 heavy (non-hydrogen) atoms. The van der Waals surface area contributed by atoms with Gasteiger partial charge in [0.1, 0.15) is 0 Å². The number of benzene rings is 1. The zero-order valence-corrected chi connectivity index (χ0v) is 12.1. The van der Waals surface area contributed by atoms with Crippen LogP contribution < -0.4 is 5.32 Å². The lowest BCUT2D eigenvalue weighted by Gasteiger charge is -2.16. The fraction of sp³-hybridized carbons (Fsp3) is 0.462. The van der Waals surface area contributed by atoms with E-state index in [1.54, 1.807) is 17.8 Å². The molecule has 3 nitrogen and oxygen atoms in total. The highest BCUT2D eigenvalue weighted by molar-refractivity contribution is 8.00. The number of amides is 1. The maximum Gasteiger partial charge on any atom is 0.225 e. The van der Waals surface area contributed by atoms with Crippen molar-refractivity contribution in [2.45, 2.75) is 23.0 Å². The van der Waals surface area contributed by atoms with Crippen molar-refractivity contribution >= 4 is 35.0 Å². The van der Waals surface area contributed by atoms with Gasteiger partial charge in [-0.2, -0.15) is 0 Å². The molecule has 2 rings (SSSR count). The molecule has 0 spiro atoms. The van der Waals surface area contributed by atoms with E-state index in [0.29, 0.717) is 16.7 Å². The molecule has 1 atom stereocenters. The smallest absolute Gasteiger partial charge is 0.225 e. The van der Waals surface area contributed by atoms with Crippen LogP contribution in [0.5, 0.6) is 0 Å². The molecular weight excluding hydrogens is 268 g/mol. The molecule has 0 aliphatic carbocycles. The summed E-state index contributed by atoms with van der Waals surface area (Å²) >= 11 is 7.75. The second-order valence-corrected chi connectivity index (χ2v) is 6.50. The number of thioether (sulfide) groups is 1. The molecule has 1 unspecified atom stereocenters. The summed E-state index contributed by atoms with van der Waals surface area (Å²) < 4.78 is 0. The maximum atomic E-state index is 11.8. The first-order valence-electron chi connectivity index (χ1n) is 5.95. The van der Waals surface area contributed by atoms with E-state index in [4.69, 9.17) is 11.6 Å². The third kappa shape index (κ3) is 3.64. The molecule has 1 aromatic rings. The number of nitrogens with zero attached hydrogens (tertiary/aromatic N) is 1. The topological polar surface area (TPSA) is 32.3 Å². The minimum atomic E-state index is 0.0901. The number of hydrogen-bond acceptors (Lipinski definition) is 3. The summed E-state index contributed by atoms with van der Waals surface area (Å²) in [6.45, 7) is 0.987. The van der Waals surface area contributed by atoms with Gasteiger partial charge in [-0.15, -0.1) is 11.8 Å². The van der Waals surface area contributed by atoms with E-state index in [9.17, 15) is 4.79 Å². The highest BCUT2D eigenvalue weighted by Gasteiger charge is 2.22. The van der Waals surface area contributed by atoms with Crippen LogP contribution >= 0.6 is 23.4 Å². The van der Waals surface area contributed by atoms with Gasteiger partial charge in [-0.05, 0) is 45.3 Å². The van der Waals surface area contributed by atoms with Gasteiger partial charge >= 0.3 is 0 Å². The van der Waals surface area contributed by atoms with E-state index in [2.05, 4.69) is 10.2 Å². The molecule has 1 aromatic carbocycles. The Morgan fingerprint density at radius 3 is 3.00 bits per heavy atom. The van der Waals surface area contributed by atoms with Gasteiger partial charge in [-0.3, -0.25) is 4.79 Å². The van der Waals surface area contributed by atoms with E-state index >= 15 is 0 Å². The Morgan fingerprint density at radius 2 is 2.28 bits per heavy atom. The van der Waals surface area contributed by atoms with Crippen molar-refractivity contribution in [3.8, 4) is 0 Å². The van der Waals surface area contributed by atoms with E-state index in [1.165, 1.54) is 0 Å². The Morgan fingerprint density at radius 1 is 1.50 bits per heavy atom. The van der Waals surface area contributed by atoms with Gasteiger partial charge in [-0.25, -0.2) is 0 Å². The van der Waals surface area contributed by atoms with Crippen molar-refractivity contribution in [1.82, 2.24) is 4.90 Å². The molecule has 1 aliphatic rings. The Labute approximate surface area is 117 Å². The molecule has 1 aliphatic heterocycles. The Balaban J connectivity index is 2.15. The number of rotatable bonds is 3. The van der Waals surface area contributed by atoms with Gasteiger partial charge in [-0.1, -0.05) is 11.6 Å². The second-order valence-electron chi connectivity index (χ2n) is 4.72. The molecule has 0 bridgehead atoms. The lowest BCUT2D eigenvalue weighted by Crippen LogP contribution is -2.20. The van der Waals surface area contributed by atoms with Crippen LogP contribution in [0.15, 0.2) is 23.1 Å². The first-order valence-corrected chi connectivity index (χ1v) is 7.21. The fourth-order valence-corrected chi connectivity index (χ4v) is 3.38. The van der Waals surface area contributed by atoms with E-state index in [0.717, 1.165) is 23.5 Å². The first kappa shape index (κ1) is 13.7. The number of nitrogens with one attached hydrogen (secondary N) is 1. The van der Waals surface area contributed by atoms with Gasteiger partial charge < -0.3 is 10.2 Å². The Kier molecular flexibility index (Phi) is 4.54. The number of carbonyl (C=O) groups is 1. The van der Waals surface area contributed by atoms with Crippen LogP contribution in [-0.4, -0.2) is 36.7 Å². The summed E-state index contributed by atoms with van der Waals surface area (Å²) in [7, 11) is 4.10. The van der Waals surface area contributed by atoms with E-state index in [1.807, 2.05) is 26.2 Å². The zero-order chi connectivity index (χ0) is 13.1. The molecule has 0 saturated carbocycles. The molecule has 98 valence electrons. The number of hydrogen-bond donors (Lipinski definition) is 1. The minimum Gasteiger partial charge on any atom is -0.325 e. The van der Waals surface area contributed by atoms with Gasteiger partial charge in [0.25, 0.3) is 0 Å². The van der Waals surface area contributed by atoms with Crippen LogP contribution in [0.2, 0.25) is 5.02 Å². The lowest BCUT2D eigenvalue weighted by atomic mass is 10.2. The molecule has 5 heteroatoms. The van der Waals surface area contributed by atoms with Crippen molar-refractivity contribution in [3.63, 3.8) is 0 Å². The second kappa shape index (κ2) is 5.95. The van der Waals surface area contributed by atoms with Gasteiger partial charge in [0.2, 0.25) is 5.91 Å². The summed E-state index contributed by atoms with van der Waals surface area (Å²) in [5.74, 6) is 0.0901. The van der Waals surface area contributed by atoms with E-state index in [-0.39, 0.29) is 5.91 Å². The average molecular weight is 285 g/mol. The third-order valence-electron chi connectivity index (χ3n) is 2.82. The van der Waals surface area contributed by atoms with Gasteiger partial charge in [0, 0.05) is 21.6 Å². The molecule has 1 heterocycles.